The SMILES string of the molecule is CC(C)C[C@H](NC(=O)[C@H](CCC(=O)O)NC(=O)[C@H](CCCN=C(N)N)NC(=O)[C@H](CS)NC(=O)CN)C(=O)N[C@@H](CO)C(=O)N[C@@H](CCCN=C(N)N)C(=O)O. The van der Waals surface area contributed by atoms with Gasteiger partial charge in [-0.2, -0.15) is 12.6 Å². The highest BCUT2D eigenvalue weighted by Gasteiger charge is 2.33. The summed E-state index contributed by atoms with van der Waals surface area (Å²) in [6, 6.07) is -8.65. The summed E-state index contributed by atoms with van der Waals surface area (Å²) in [5.41, 5.74) is 26.5. The van der Waals surface area contributed by atoms with Crippen molar-refractivity contribution in [1.82, 2.24) is 31.9 Å². The Balaban J connectivity index is 6.21. The van der Waals surface area contributed by atoms with Crippen molar-refractivity contribution >= 4 is 71.9 Å². The van der Waals surface area contributed by atoms with Crippen LogP contribution in [0.1, 0.15) is 58.8 Å². The Hall–Kier alpha value is -5.43. The third kappa shape index (κ3) is 21.5. The molecule has 0 aliphatic rings. The van der Waals surface area contributed by atoms with E-state index in [1.165, 1.54) is 0 Å². The number of carboxylic acids is 2. The first-order valence-corrected chi connectivity index (χ1v) is 18.2. The molecule has 24 nitrogen and oxygen atoms in total. The maximum Gasteiger partial charge on any atom is 0.326 e. The van der Waals surface area contributed by atoms with Crippen LogP contribution < -0.4 is 60.6 Å². The lowest BCUT2D eigenvalue weighted by molar-refractivity contribution is -0.143. The van der Waals surface area contributed by atoms with E-state index in [1.807, 2.05) is 0 Å². The number of carbonyl (C=O) groups excluding carboxylic acids is 6. The fourth-order valence-electron chi connectivity index (χ4n) is 4.78. The average molecular weight is 820 g/mol. The van der Waals surface area contributed by atoms with Gasteiger partial charge in [0, 0.05) is 25.3 Å². The number of rotatable bonds is 28. The lowest BCUT2D eigenvalue weighted by Gasteiger charge is -2.27. The van der Waals surface area contributed by atoms with E-state index in [1.54, 1.807) is 13.8 Å². The predicted molar refractivity (Wildman–Crippen MR) is 205 cm³/mol. The molecule has 25 heteroatoms. The summed E-state index contributed by atoms with van der Waals surface area (Å²) in [6.07, 6.45) is -0.995. The first-order valence-electron chi connectivity index (χ1n) is 17.5. The number of nitrogens with two attached hydrogens (primary N) is 5. The summed E-state index contributed by atoms with van der Waals surface area (Å²) in [5.74, 6) is -9.07. The summed E-state index contributed by atoms with van der Waals surface area (Å²) >= 11 is 4.06. The zero-order valence-corrected chi connectivity index (χ0v) is 32.3. The van der Waals surface area contributed by atoms with Crippen LogP contribution in [0, 0.1) is 5.92 Å². The standard InChI is InChI=1S/C31H57N13O11S/c1-15(2)11-19(26(51)44-20(13-45)27(52)42-18(29(54)55)6-4-10-38-31(35)36)43-25(50)17(7-8-23(47)48)41-24(49)16(5-3-9-37-30(33)34)40-28(53)21(14-56)39-22(46)12-32/h15-21,45,56H,3-14,32H2,1-2H3,(H,39,46)(H,40,53)(H,41,49)(H,42,52)(H,43,50)(H,44,51)(H,47,48)(H,54,55)(H4,33,34,37)(H4,35,36,38)/t16-,17-,18-,19-,20-,21-/m0/s1. The fraction of sp³-hybridized carbons (Fsp3) is 0.677. The summed E-state index contributed by atoms with van der Waals surface area (Å²) in [4.78, 5) is 109. The number of guanidine groups is 2. The van der Waals surface area contributed by atoms with E-state index in [-0.39, 0.29) is 68.8 Å². The quantitative estimate of drug-likeness (QED) is 0.0151. The van der Waals surface area contributed by atoms with Crippen LogP contribution in [0.4, 0.5) is 0 Å². The van der Waals surface area contributed by atoms with Gasteiger partial charge in [0.05, 0.1) is 13.2 Å². The summed E-state index contributed by atoms with van der Waals surface area (Å²) < 4.78 is 0. The zero-order chi connectivity index (χ0) is 43.0. The molecule has 0 spiro atoms. The molecule has 0 aliphatic heterocycles. The number of aliphatic hydroxyl groups is 1. The molecule has 0 bridgehead atoms. The minimum Gasteiger partial charge on any atom is -0.481 e. The molecule has 0 saturated heterocycles. The van der Waals surface area contributed by atoms with E-state index in [2.05, 4.69) is 54.5 Å². The first-order chi connectivity index (χ1) is 26.2. The molecule has 0 unspecified atom stereocenters. The van der Waals surface area contributed by atoms with E-state index >= 15 is 0 Å². The van der Waals surface area contributed by atoms with Gasteiger partial charge in [-0.05, 0) is 44.4 Å². The number of hydrogen-bond acceptors (Lipinski definition) is 13. The van der Waals surface area contributed by atoms with Gasteiger partial charge in [0.25, 0.3) is 0 Å². The van der Waals surface area contributed by atoms with Gasteiger partial charge >= 0.3 is 11.9 Å². The van der Waals surface area contributed by atoms with Crippen LogP contribution in [0.15, 0.2) is 9.98 Å². The largest absolute Gasteiger partial charge is 0.481 e. The number of nitrogens with one attached hydrogen (secondary N) is 6. The summed E-state index contributed by atoms with van der Waals surface area (Å²) in [7, 11) is 0. The van der Waals surface area contributed by atoms with Crippen molar-refractivity contribution < 1.29 is 53.7 Å². The smallest absolute Gasteiger partial charge is 0.326 e. The Labute approximate surface area is 328 Å². The second kappa shape index (κ2) is 27.2. The lowest BCUT2D eigenvalue weighted by atomic mass is 10.0. The molecule has 0 heterocycles. The van der Waals surface area contributed by atoms with Crippen LogP contribution in [-0.2, 0) is 38.4 Å². The Morgan fingerprint density at radius 1 is 0.607 bits per heavy atom. The van der Waals surface area contributed by atoms with Crippen LogP contribution >= 0.6 is 12.6 Å². The highest BCUT2D eigenvalue weighted by atomic mass is 32.1. The molecule has 0 rings (SSSR count). The van der Waals surface area contributed by atoms with Gasteiger partial charge in [-0.25, -0.2) is 4.79 Å². The molecule has 0 aromatic rings. The van der Waals surface area contributed by atoms with Crippen molar-refractivity contribution in [3.05, 3.63) is 0 Å². The molecule has 0 aromatic carbocycles. The molecule has 318 valence electrons. The maximum atomic E-state index is 13.6. The number of amides is 6. The van der Waals surface area contributed by atoms with E-state index in [0.717, 1.165) is 0 Å². The maximum absolute atomic E-state index is 13.6. The molecule has 6 amide bonds. The van der Waals surface area contributed by atoms with Gasteiger partial charge < -0.3 is 75.9 Å². The number of aliphatic hydroxyl groups excluding tert-OH is 1. The molecule has 0 aromatic heterocycles. The van der Waals surface area contributed by atoms with Crippen LogP contribution in [0.5, 0.6) is 0 Å². The summed E-state index contributed by atoms with van der Waals surface area (Å²) in [5, 5.41) is 43.0. The van der Waals surface area contributed by atoms with Crippen LogP contribution in [0.2, 0.25) is 0 Å². The van der Waals surface area contributed by atoms with Crippen molar-refractivity contribution in [2.24, 2.45) is 44.6 Å². The Kier molecular flexibility index (Phi) is 24.6. The van der Waals surface area contributed by atoms with Crippen molar-refractivity contribution in [2.45, 2.75) is 95.0 Å². The van der Waals surface area contributed by atoms with Crippen LogP contribution in [-0.4, -0.2) is 143 Å². The van der Waals surface area contributed by atoms with Crippen molar-refractivity contribution in [1.29, 1.82) is 0 Å². The molecule has 0 saturated carbocycles. The van der Waals surface area contributed by atoms with Gasteiger partial charge in [-0.1, -0.05) is 13.8 Å². The van der Waals surface area contributed by atoms with Gasteiger partial charge in [0.1, 0.15) is 36.3 Å². The monoisotopic (exact) mass is 819 g/mol. The highest BCUT2D eigenvalue weighted by molar-refractivity contribution is 7.80. The Bertz CT molecular complexity index is 1410. The normalized spacial score (nSPS) is 14.0. The van der Waals surface area contributed by atoms with Gasteiger partial charge in [0.15, 0.2) is 11.9 Å². The van der Waals surface area contributed by atoms with Crippen molar-refractivity contribution in [3.63, 3.8) is 0 Å². The van der Waals surface area contributed by atoms with Crippen molar-refractivity contribution in [2.75, 3.05) is 32.0 Å². The van der Waals surface area contributed by atoms with Gasteiger partial charge in [-0.15, -0.1) is 0 Å². The second-order valence-electron chi connectivity index (χ2n) is 12.8. The van der Waals surface area contributed by atoms with Crippen LogP contribution in [0.3, 0.4) is 0 Å². The van der Waals surface area contributed by atoms with Crippen molar-refractivity contribution in [3.8, 4) is 0 Å². The number of nitrogens with zero attached hydrogens (tertiary/aromatic N) is 2. The van der Waals surface area contributed by atoms with E-state index in [9.17, 15) is 53.7 Å². The van der Waals surface area contributed by atoms with Gasteiger partial charge in [0.2, 0.25) is 35.4 Å². The topological polar surface area (TPSA) is 424 Å². The average Bonchev–Trinajstić information content (AvgIpc) is 3.12. The number of aliphatic carboxylic acids is 2. The van der Waals surface area contributed by atoms with E-state index in [4.69, 9.17) is 28.7 Å². The predicted octanol–water partition coefficient (Wildman–Crippen LogP) is -6.12. The molecular formula is C31H57N13O11S. The van der Waals surface area contributed by atoms with Gasteiger partial charge in [-0.3, -0.25) is 43.5 Å². The molecule has 0 radical (unpaired) electrons. The molecular weight excluding hydrogens is 762 g/mol. The minimum absolute atomic E-state index is 0.0391. The third-order valence-electron chi connectivity index (χ3n) is 7.59. The number of hydrogen-bond donors (Lipinski definition) is 15. The number of carboxylic acid groups (broad SMARTS) is 2. The summed E-state index contributed by atoms with van der Waals surface area (Å²) in [6.45, 7) is 2.13. The van der Waals surface area contributed by atoms with Crippen LogP contribution in [0.25, 0.3) is 0 Å². The van der Waals surface area contributed by atoms with E-state index < -0.39 is 110 Å². The highest BCUT2D eigenvalue weighted by Crippen LogP contribution is 2.09. The first kappa shape index (κ1) is 50.6. The Morgan fingerprint density at radius 3 is 1.45 bits per heavy atom. The number of aliphatic imine (C=N–C) groups is 2. The Morgan fingerprint density at radius 2 is 1.02 bits per heavy atom. The molecule has 6 atom stereocenters. The number of thiol groups is 1. The number of carbonyl (C=O) groups is 8. The lowest BCUT2D eigenvalue weighted by Crippen LogP contribution is -2.60. The fourth-order valence-corrected chi connectivity index (χ4v) is 5.03. The molecule has 0 fully saturated rings. The second-order valence-corrected chi connectivity index (χ2v) is 13.2. The zero-order valence-electron chi connectivity index (χ0n) is 31.4. The molecule has 0 aliphatic carbocycles. The minimum atomic E-state index is -1.66. The molecule has 56 heavy (non-hydrogen) atoms. The third-order valence-corrected chi connectivity index (χ3v) is 7.96. The van der Waals surface area contributed by atoms with E-state index in [0.29, 0.717) is 0 Å². The molecule has 19 N–H and O–H groups in total.